The Kier molecular flexibility index (Phi) is 9.60. The lowest BCUT2D eigenvalue weighted by Crippen LogP contribution is -2.65. The molecule has 4 aliphatic heterocycles. The molecule has 4 aliphatic rings. The van der Waals surface area contributed by atoms with Crippen LogP contribution in [0.3, 0.4) is 0 Å². The van der Waals surface area contributed by atoms with Gasteiger partial charge in [0.15, 0.2) is 25.2 Å². The minimum absolute atomic E-state index is 0.372. The van der Waals surface area contributed by atoms with Crippen LogP contribution in [-0.4, -0.2) is 175 Å². The zero-order valence-electron chi connectivity index (χ0n) is 20.3. The summed E-state index contributed by atoms with van der Waals surface area (Å²) in [4.78, 5) is 0. The first kappa shape index (κ1) is 30.3. The third-order valence-corrected chi connectivity index (χ3v) is 7.11. The Balaban J connectivity index is 1.55. The van der Waals surface area contributed by atoms with Gasteiger partial charge in [-0.2, -0.15) is 0 Å². The molecular weight excluding hydrogens is 524 g/mol. The van der Waals surface area contributed by atoms with E-state index >= 15 is 0 Å². The van der Waals surface area contributed by atoms with Crippen LogP contribution in [0, 0.1) is 0 Å². The van der Waals surface area contributed by atoms with Crippen molar-refractivity contribution in [3.05, 3.63) is 0 Å². The van der Waals surface area contributed by atoms with Gasteiger partial charge in [0.2, 0.25) is 0 Å². The molecule has 38 heavy (non-hydrogen) atoms. The van der Waals surface area contributed by atoms with Crippen LogP contribution in [0.15, 0.2) is 0 Å². The van der Waals surface area contributed by atoms with E-state index in [1.807, 2.05) is 0 Å². The highest BCUT2D eigenvalue weighted by molar-refractivity contribution is 4.98. The molecule has 0 amide bonds. The largest absolute Gasteiger partial charge is 0.393 e. The summed E-state index contributed by atoms with van der Waals surface area (Å²) >= 11 is 0. The van der Waals surface area contributed by atoms with Crippen LogP contribution in [0.5, 0.6) is 0 Å². The summed E-state index contributed by atoms with van der Waals surface area (Å²) in [5.74, 6) is 0. The minimum Gasteiger partial charge on any atom is -0.393 e. The lowest BCUT2D eigenvalue weighted by Gasteiger charge is -2.47. The second kappa shape index (κ2) is 12.0. The molecule has 0 saturated carbocycles. The molecular formula is C21H36O17. The Hall–Kier alpha value is -0.680. The molecule has 4 rings (SSSR count). The van der Waals surface area contributed by atoms with Crippen molar-refractivity contribution in [3.8, 4) is 0 Å². The second-order valence-electron chi connectivity index (χ2n) is 9.92. The van der Waals surface area contributed by atoms with Crippen molar-refractivity contribution in [1.82, 2.24) is 0 Å². The monoisotopic (exact) mass is 560 g/mol. The van der Waals surface area contributed by atoms with Crippen molar-refractivity contribution < 1.29 is 84.2 Å². The van der Waals surface area contributed by atoms with Gasteiger partial charge in [-0.05, 0) is 6.92 Å². The van der Waals surface area contributed by atoms with E-state index in [0.29, 0.717) is 0 Å². The number of ether oxygens (including phenoxy) is 7. The molecule has 0 bridgehead atoms. The fourth-order valence-electron chi connectivity index (χ4n) is 4.64. The molecule has 4 saturated heterocycles. The molecule has 4 fully saturated rings. The van der Waals surface area contributed by atoms with Gasteiger partial charge >= 0.3 is 0 Å². The average Bonchev–Trinajstić information content (AvgIpc) is 3.17. The molecule has 10 N–H and O–H groups in total. The van der Waals surface area contributed by atoms with E-state index in [2.05, 4.69) is 0 Å². The lowest BCUT2D eigenvalue weighted by atomic mass is 9.97. The number of hydrogen-bond acceptors (Lipinski definition) is 17. The summed E-state index contributed by atoms with van der Waals surface area (Å²) in [7, 11) is 0. The average molecular weight is 561 g/mol. The molecule has 17 heteroatoms. The summed E-state index contributed by atoms with van der Waals surface area (Å²) < 4.78 is 38.2. The van der Waals surface area contributed by atoms with Gasteiger partial charge in [0.25, 0.3) is 0 Å². The molecule has 0 unspecified atom stereocenters. The highest BCUT2D eigenvalue weighted by Crippen LogP contribution is 2.35. The van der Waals surface area contributed by atoms with Crippen LogP contribution in [0.25, 0.3) is 0 Å². The van der Waals surface area contributed by atoms with Gasteiger partial charge in [-0.25, -0.2) is 0 Å². The molecule has 0 aromatic rings. The molecule has 0 spiro atoms. The Morgan fingerprint density at radius 1 is 0.684 bits per heavy atom. The Morgan fingerprint density at radius 3 is 1.95 bits per heavy atom. The van der Waals surface area contributed by atoms with Crippen LogP contribution in [0.4, 0.5) is 0 Å². The van der Waals surface area contributed by atoms with Gasteiger partial charge < -0.3 is 84.2 Å². The summed E-state index contributed by atoms with van der Waals surface area (Å²) in [5, 5.41) is 102. The minimum atomic E-state index is -2.06. The zero-order valence-corrected chi connectivity index (χ0v) is 20.3. The van der Waals surface area contributed by atoms with Gasteiger partial charge in [-0.1, -0.05) is 0 Å². The van der Waals surface area contributed by atoms with E-state index in [-0.39, 0.29) is 6.61 Å². The first-order valence-corrected chi connectivity index (χ1v) is 12.1. The predicted octanol–water partition coefficient (Wildman–Crippen LogP) is -6.80. The number of aliphatic hydroxyl groups is 10. The van der Waals surface area contributed by atoms with Gasteiger partial charge in [0.1, 0.15) is 66.6 Å². The van der Waals surface area contributed by atoms with Crippen LogP contribution in [-0.2, 0) is 33.2 Å². The maximum atomic E-state index is 11.1. The first-order valence-electron chi connectivity index (χ1n) is 12.1. The van der Waals surface area contributed by atoms with Gasteiger partial charge in [-0.3, -0.25) is 0 Å². The number of aliphatic hydroxyl groups excluding tert-OH is 9. The van der Waals surface area contributed by atoms with Crippen LogP contribution in [0.1, 0.15) is 6.92 Å². The summed E-state index contributed by atoms with van der Waals surface area (Å²) in [6.07, 6.45) is -23.2. The fraction of sp³-hybridized carbons (Fsp3) is 1.00. The standard InChI is InChI=1S/C21H36O17/c1-6-13(36-18-11(27)9(25)7(23)3-33-18)14(37-20-16(29)21(31,4-22)5-34-20)12(28)19(35-6)38-15-10(26)8(24)2-32-17(15)30/h6-20,22-31H,2-5H2,1H3/t6-,7+,8-,9-,10-,11+,12+,13-,14-,15+,16-,17+,18-,19-,20-,21+/m0/s1. The van der Waals surface area contributed by atoms with Crippen LogP contribution in [0.2, 0.25) is 0 Å². The normalized spacial score (nSPS) is 54.2. The topological polar surface area (TPSA) is 267 Å². The quantitative estimate of drug-likeness (QED) is 0.139. The number of rotatable bonds is 7. The Morgan fingerprint density at radius 2 is 1.29 bits per heavy atom. The van der Waals surface area contributed by atoms with Gasteiger partial charge in [-0.15, -0.1) is 0 Å². The summed E-state index contributed by atoms with van der Waals surface area (Å²) in [5.41, 5.74) is -2.06. The fourth-order valence-corrected chi connectivity index (χ4v) is 4.64. The predicted molar refractivity (Wildman–Crippen MR) is 114 cm³/mol. The summed E-state index contributed by atoms with van der Waals surface area (Å²) in [6, 6.07) is 0. The lowest BCUT2D eigenvalue weighted by molar-refractivity contribution is -0.380. The first-order chi connectivity index (χ1) is 17.9. The van der Waals surface area contributed by atoms with E-state index in [1.54, 1.807) is 0 Å². The van der Waals surface area contributed by atoms with Gasteiger partial charge in [0.05, 0.1) is 32.5 Å². The van der Waals surface area contributed by atoms with Crippen LogP contribution >= 0.6 is 0 Å². The molecule has 0 aromatic carbocycles. The SMILES string of the molecule is C[C@@H]1O[C@@H](O[C@@H]2[C@@H](O)[C@@H](O)CO[C@H]2O)[C@H](O)[C@H](O[C@@H]2OC[C@](O)(CO)[C@H]2O)[C@H]1O[C@@H]1OC[C@@H](O)[C@H](O)[C@H]1O. The number of hydrogen-bond donors (Lipinski definition) is 10. The second-order valence-corrected chi connectivity index (χ2v) is 9.92. The third kappa shape index (κ3) is 5.85. The molecule has 4 heterocycles. The molecule has 0 aromatic heterocycles. The highest BCUT2D eigenvalue weighted by Gasteiger charge is 2.55. The highest BCUT2D eigenvalue weighted by atomic mass is 16.8. The smallest absolute Gasteiger partial charge is 0.187 e. The maximum Gasteiger partial charge on any atom is 0.187 e. The molecule has 16 atom stereocenters. The molecule has 17 nitrogen and oxygen atoms in total. The molecule has 222 valence electrons. The molecule has 0 aliphatic carbocycles. The van der Waals surface area contributed by atoms with E-state index in [4.69, 9.17) is 33.2 Å². The molecule has 0 radical (unpaired) electrons. The van der Waals surface area contributed by atoms with Crippen LogP contribution < -0.4 is 0 Å². The van der Waals surface area contributed by atoms with Crippen molar-refractivity contribution in [2.24, 2.45) is 0 Å². The van der Waals surface area contributed by atoms with Crippen molar-refractivity contribution in [2.75, 3.05) is 26.4 Å². The summed E-state index contributed by atoms with van der Waals surface area (Å²) in [6.45, 7) is -0.699. The van der Waals surface area contributed by atoms with Gasteiger partial charge in [0, 0.05) is 0 Å². The zero-order chi connectivity index (χ0) is 27.9. The van der Waals surface area contributed by atoms with E-state index in [1.165, 1.54) is 6.92 Å². The van der Waals surface area contributed by atoms with Crippen molar-refractivity contribution in [1.29, 1.82) is 0 Å². The maximum absolute atomic E-state index is 11.1. The third-order valence-electron chi connectivity index (χ3n) is 7.11. The van der Waals surface area contributed by atoms with E-state index in [0.717, 1.165) is 0 Å². The Labute approximate surface area is 216 Å². The Bertz CT molecular complexity index is 776. The van der Waals surface area contributed by atoms with E-state index < -0.39 is 118 Å². The van der Waals surface area contributed by atoms with E-state index in [9.17, 15) is 51.1 Å². The van der Waals surface area contributed by atoms with Crippen molar-refractivity contribution in [3.63, 3.8) is 0 Å². The van der Waals surface area contributed by atoms with Crippen molar-refractivity contribution >= 4 is 0 Å². The van der Waals surface area contributed by atoms with Crippen molar-refractivity contribution in [2.45, 2.75) is 105 Å².